The third kappa shape index (κ3) is 48.6. The third-order valence-corrected chi connectivity index (χ3v) is 16.1. The quantitative estimate of drug-likeness (QED) is 0.0195. The zero-order chi connectivity index (χ0) is 59.5. The molecule has 478 valence electrons. The van der Waals surface area contributed by atoms with Crippen LogP contribution in [0.15, 0.2) is 60.8 Å². The largest absolute Gasteiger partial charge is 0.466 e. The van der Waals surface area contributed by atoms with E-state index in [4.69, 9.17) is 14.2 Å². The maximum Gasteiger partial charge on any atom is 0.305 e. The highest BCUT2D eigenvalue weighted by molar-refractivity contribution is 5.76. The Kier molecular flexibility index (Phi) is 56.7. The number of aliphatic hydroxyl groups is 5. The molecule has 11 heteroatoms. The van der Waals surface area contributed by atoms with Gasteiger partial charge in [-0.2, -0.15) is 0 Å². The van der Waals surface area contributed by atoms with E-state index in [9.17, 15) is 35.1 Å². The molecule has 1 heterocycles. The van der Waals surface area contributed by atoms with Crippen molar-refractivity contribution in [1.82, 2.24) is 5.32 Å². The smallest absolute Gasteiger partial charge is 0.305 e. The molecule has 0 bridgehead atoms. The first-order chi connectivity index (χ1) is 40.2. The number of aliphatic hydroxyl groups excluding tert-OH is 5. The van der Waals surface area contributed by atoms with E-state index in [-0.39, 0.29) is 18.5 Å². The van der Waals surface area contributed by atoms with Gasteiger partial charge in [0, 0.05) is 12.8 Å². The molecule has 7 unspecified atom stereocenters. The number of hydrogen-bond acceptors (Lipinski definition) is 10. The molecule has 11 nitrogen and oxygen atoms in total. The van der Waals surface area contributed by atoms with Gasteiger partial charge in [0.1, 0.15) is 24.4 Å². The molecular weight excluding hydrogens is 1030 g/mol. The van der Waals surface area contributed by atoms with Gasteiger partial charge in [-0.25, -0.2) is 0 Å². The average Bonchev–Trinajstić information content (AvgIpc) is 3.48. The van der Waals surface area contributed by atoms with Gasteiger partial charge in [0.25, 0.3) is 0 Å². The fourth-order valence-corrected chi connectivity index (χ4v) is 10.6. The second-order valence-corrected chi connectivity index (χ2v) is 23.9. The Labute approximate surface area is 503 Å². The van der Waals surface area contributed by atoms with Crippen molar-refractivity contribution < 1.29 is 49.3 Å². The van der Waals surface area contributed by atoms with E-state index in [0.29, 0.717) is 19.4 Å². The summed E-state index contributed by atoms with van der Waals surface area (Å²) >= 11 is 0. The van der Waals surface area contributed by atoms with Crippen molar-refractivity contribution in [1.29, 1.82) is 0 Å². The topological polar surface area (TPSA) is 175 Å². The highest BCUT2D eigenvalue weighted by atomic mass is 16.7. The van der Waals surface area contributed by atoms with E-state index in [2.05, 4.69) is 67.8 Å². The van der Waals surface area contributed by atoms with Gasteiger partial charge in [0.15, 0.2) is 6.29 Å². The van der Waals surface area contributed by atoms with Gasteiger partial charge in [0.2, 0.25) is 5.91 Å². The van der Waals surface area contributed by atoms with Crippen LogP contribution in [0.1, 0.15) is 316 Å². The van der Waals surface area contributed by atoms with Crippen LogP contribution in [0.25, 0.3) is 0 Å². The van der Waals surface area contributed by atoms with Crippen molar-refractivity contribution >= 4 is 11.9 Å². The fourth-order valence-electron chi connectivity index (χ4n) is 10.6. The molecule has 0 aromatic carbocycles. The predicted octanol–water partition coefficient (Wildman–Crippen LogP) is 17.3. The number of esters is 1. The summed E-state index contributed by atoms with van der Waals surface area (Å²) in [5.41, 5.74) is 0. The van der Waals surface area contributed by atoms with E-state index < -0.39 is 49.5 Å². The van der Waals surface area contributed by atoms with Gasteiger partial charge in [-0.15, -0.1) is 0 Å². The molecule has 1 aliphatic heterocycles. The van der Waals surface area contributed by atoms with Crippen molar-refractivity contribution in [3.05, 3.63) is 60.8 Å². The van der Waals surface area contributed by atoms with E-state index >= 15 is 0 Å². The molecule has 1 rings (SSSR count). The minimum Gasteiger partial charge on any atom is -0.466 e. The van der Waals surface area contributed by atoms with Crippen LogP contribution < -0.4 is 5.32 Å². The van der Waals surface area contributed by atoms with Gasteiger partial charge >= 0.3 is 5.97 Å². The molecule has 6 N–H and O–H groups in total. The van der Waals surface area contributed by atoms with Gasteiger partial charge in [-0.3, -0.25) is 9.59 Å². The number of rotatable bonds is 60. The van der Waals surface area contributed by atoms with Gasteiger partial charge < -0.3 is 45.1 Å². The average molecular weight is 1160 g/mol. The summed E-state index contributed by atoms with van der Waals surface area (Å²) in [7, 11) is 0. The number of ether oxygens (including phenoxy) is 3. The van der Waals surface area contributed by atoms with E-state index in [1.807, 2.05) is 6.08 Å². The van der Waals surface area contributed by atoms with Crippen molar-refractivity contribution in [2.45, 2.75) is 358 Å². The molecule has 0 aromatic heterocycles. The Bertz CT molecular complexity index is 1550. The lowest BCUT2D eigenvalue weighted by Crippen LogP contribution is -2.60. The second kappa shape index (κ2) is 60.1. The molecule has 0 radical (unpaired) electrons. The zero-order valence-corrected chi connectivity index (χ0v) is 52.9. The fraction of sp³-hybridized carbons (Fsp3) is 0.831. The van der Waals surface area contributed by atoms with E-state index in [0.717, 1.165) is 70.6 Å². The van der Waals surface area contributed by atoms with Gasteiger partial charge in [-0.05, 0) is 103 Å². The van der Waals surface area contributed by atoms with Crippen LogP contribution in [0.4, 0.5) is 0 Å². The maximum absolute atomic E-state index is 13.0. The monoisotopic (exact) mass is 1160 g/mol. The number of nitrogens with one attached hydrogen (secondary N) is 1. The maximum atomic E-state index is 13.0. The van der Waals surface area contributed by atoms with Gasteiger partial charge in [0.05, 0.1) is 32.0 Å². The summed E-state index contributed by atoms with van der Waals surface area (Å²) in [5, 5.41) is 54.2. The summed E-state index contributed by atoms with van der Waals surface area (Å²) in [6.07, 6.45) is 69.4. The number of carbonyl (C=O) groups is 2. The first-order valence-electron chi connectivity index (χ1n) is 34.6. The van der Waals surface area contributed by atoms with Gasteiger partial charge in [-0.1, -0.05) is 261 Å². The summed E-state index contributed by atoms with van der Waals surface area (Å²) in [6.45, 7) is 4.28. The normalized spacial score (nSPS) is 18.5. The summed E-state index contributed by atoms with van der Waals surface area (Å²) < 4.78 is 16.7. The molecule has 1 fully saturated rings. The first-order valence-corrected chi connectivity index (χ1v) is 34.6. The van der Waals surface area contributed by atoms with Crippen molar-refractivity contribution in [2.75, 3.05) is 19.8 Å². The zero-order valence-electron chi connectivity index (χ0n) is 52.9. The SMILES string of the molecule is CCCCC/C=C/CC/C=C/C(O)C(COC1OC(CO)C(O)C(O)C1O)NC(=O)CCCCCCCCCCCCC/C=C\C/C=C\CCCCCCCCCCCOC(=O)CCCCCCCCC/C=C\CCCCCCCCC. The molecular formula is C71H129NO10. The highest BCUT2D eigenvalue weighted by Gasteiger charge is 2.44. The van der Waals surface area contributed by atoms with E-state index in [1.54, 1.807) is 6.08 Å². The minimum atomic E-state index is -1.58. The molecule has 82 heavy (non-hydrogen) atoms. The molecule has 0 aliphatic carbocycles. The number of carbonyl (C=O) groups excluding carboxylic acids is 2. The lowest BCUT2D eigenvalue weighted by Gasteiger charge is -2.40. The number of amides is 1. The van der Waals surface area contributed by atoms with Crippen LogP contribution in [0.2, 0.25) is 0 Å². The van der Waals surface area contributed by atoms with Crippen molar-refractivity contribution in [2.24, 2.45) is 0 Å². The van der Waals surface area contributed by atoms with Crippen LogP contribution in [0.5, 0.6) is 0 Å². The number of hydrogen-bond donors (Lipinski definition) is 6. The Balaban J connectivity index is 1.95. The van der Waals surface area contributed by atoms with Crippen molar-refractivity contribution in [3.63, 3.8) is 0 Å². The first kappa shape index (κ1) is 77.4. The minimum absolute atomic E-state index is 0.00248. The molecule has 1 saturated heterocycles. The summed E-state index contributed by atoms with van der Waals surface area (Å²) in [6, 6.07) is -0.830. The van der Waals surface area contributed by atoms with Crippen LogP contribution in [0.3, 0.4) is 0 Å². The summed E-state index contributed by atoms with van der Waals surface area (Å²) in [5.74, 6) is -0.200. The van der Waals surface area contributed by atoms with Crippen LogP contribution in [0, 0.1) is 0 Å². The standard InChI is InChI=1S/C71H129NO10/c1-3-5-7-9-11-13-14-15-16-17-30-33-36-39-43-47-51-55-59-67(76)80-60-56-52-48-44-40-37-34-31-28-26-24-22-20-18-19-21-23-25-27-29-32-35-38-42-46-50-54-58-66(75)72-63(64(74)57-53-49-45-41-12-10-8-6-4-2)62-81-71-70(79)69(78)68(77)65(61-73)82-71/h12,16-19,22,24,41,53,57,63-65,68-71,73-74,77-79H,3-11,13-15,20-21,23,25-40,42-52,54-56,58-62H2,1-2H3,(H,72,75)/b17-16-,19-18-,24-22-,41-12+,57-53+. The van der Waals surface area contributed by atoms with Crippen molar-refractivity contribution in [3.8, 4) is 0 Å². The highest BCUT2D eigenvalue weighted by Crippen LogP contribution is 2.23. The third-order valence-electron chi connectivity index (χ3n) is 16.1. The Morgan fingerprint density at radius 3 is 1.30 bits per heavy atom. The Morgan fingerprint density at radius 1 is 0.451 bits per heavy atom. The molecule has 7 atom stereocenters. The van der Waals surface area contributed by atoms with Crippen LogP contribution >= 0.6 is 0 Å². The molecule has 1 amide bonds. The second-order valence-electron chi connectivity index (χ2n) is 23.9. The lowest BCUT2D eigenvalue weighted by atomic mass is 9.99. The Morgan fingerprint density at radius 2 is 0.829 bits per heavy atom. The van der Waals surface area contributed by atoms with Crippen LogP contribution in [-0.4, -0.2) is 100 Å². The number of unbranched alkanes of at least 4 members (excludes halogenated alkanes) is 38. The summed E-state index contributed by atoms with van der Waals surface area (Å²) in [4.78, 5) is 25.1. The Hall–Kier alpha value is -2.64. The predicted molar refractivity (Wildman–Crippen MR) is 343 cm³/mol. The molecule has 0 saturated carbocycles. The van der Waals surface area contributed by atoms with Crippen LogP contribution in [-0.2, 0) is 23.8 Å². The number of allylic oxidation sites excluding steroid dienone is 9. The van der Waals surface area contributed by atoms with E-state index in [1.165, 1.54) is 218 Å². The molecule has 0 aromatic rings. The lowest BCUT2D eigenvalue weighted by molar-refractivity contribution is -0.302. The molecule has 0 spiro atoms. The molecule has 1 aliphatic rings.